The Morgan fingerprint density at radius 3 is 2.60 bits per heavy atom. The third-order valence-electron chi connectivity index (χ3n) is 1.95. The van der Waals surface area contributed by atoms with Gasteiger partial charge in [0.15, 0.2) is 0 Å². The maximum atomic E-state index is 11.4. The van der Waals surface area contributed by atoms with Crippen LogP contribution in [0.5, 0.6) is 0 Å². The molecule has 0 unspecified atom stereocenters. The molecule has 1 aliphatic rings. The predicted octanol–water partition coefficient (Wildman–Crippen LogP) is 1.44. The van der Waals surface area contributed by atoms with Crippen LogP contribution in [0, 0.1) is 0 Å². The standard InChI is InChI=1S/C10H18N2O3/c1-10(2,3)15-9(14)11-12-7-5-4-6-8(12)13/h4-7H2,1-3H3,(H,11,14). The molecule has 1 saturated heterocycles. The highest BCUT2D eigenvalue weighted by atomic mass is 16.6. The van der Waals surface area contributed by atoms with Crippen molar-refractivity contribution in [2.45, 2.75) is 45.6 Å². The zero-order valence-electron chi connectivity index (χ0n) is 9.50. The Kier molecular flexibility index (Phi) is 3.55. The Hall–Kier alpha value is -1.26. The van der Waals surface area contributed by atoms with Crippen molar-refractivity contribution >= 4 is 12.0 Å². The molecule has 0 bridgehead atoms. The number of nitrogens with zero attached hydrogens (tertiary/aromatic N) is 1. The van der Waals surface area contributed by atoms with E-state index in [0.29, 0.717) is 13.0 Å². The molecule has 2 amide bonds. The van der Waals surface area contributed by atoms with Crippen LogP contribution in [0.15, 0.2) is 0 Å². The van der Waals surface area contributed by atoms with Gasteiger partial charge in [-0.15, -0.1) is 0 Å². The van der Waals surface area contributed by atoms with Crippen molar-refractivity contribution < 1.29 is 14.3 Å². The number of rotatable bonds is 1. The third-order valence-corrected chi connectivity index (χ3v) is 1.95. The van der Waals surface area contributed by atoms with E-state index in [9.17, 15) is 9.59 Å². The second-order valence-corrected chi connectivity index (χ2v) is 4.62. The summed E-state index contributed by atoms with van der Waals surface area (Å²) in [6.45, 7) is 5.91. The molecule has 0 aromatic rings. The fourth-order valence-corrected chi connectivity index (χ4v) is 1.34. The fourth-order valence-electron chi connectivity index (χ4n) is 1.34. The van der Waals surface area contributed by atoms with Crippen molar-refractivity contribution in [3.8, 4) is 0 Å². The largest absolute Gasteiger partial charge is 0.443 e. The van der Waals surface area contributed by atoms with E-state index < -0.39 is 11.7 Å². The number of piperidine rings is 1. The Balaban J connectivity index is 2.40. The molecular formula is C10H18N2O3. The molecule has 0 saturated carbocycles. The van der Waals surface area contributed by atoms with Crippen LogP contribution in [0.3, 0.4) is 0 Å². The van der Waals surface area contributed by atoms with E-state index in [-0.39, 0.29) is 5.91 Å². The zero-order valence-corrected chi connectivity index (χ0v) is 9.50. The minimum absolute atomic E-state index is 0.0490. The van der Waals surface area contributed by atoms with Gasteiger partial charge in [-0.05, 0) is 33.6 Å². The topological polar surface area (TPSA) is 58.6 Å². The van der Waals surface area contributed by atoms with E-state index in [2.05, 4.69) is 5.43 Å². The van der Waals surface area contributed by atoms with Gasteiger partial charge in [-0.25, -0.2) is 10.2 Å². The van der Waals surface area contributed by atoms with E-state index in [1.807, 2.05) is 0 Å². The lowest BCUT2D eigenvalue weighted by Gasteiger charge is -2.28. The average Bonchev–Trinajstić information content (AvgIpc) is 2.05. The first kappa shape index (κ1) is 11.8. The summed E-state index contributed by atoms with van der Waals surface area (Å²) < 4.78 is 5.04. The lowest BCUT2D eigenvalue weighted by atomic mass is 10.1. The molecule has 15 heavy (non-hydrogen) atoms. The number of hydrazine groups is 1. The minimum atomic E-state index is -0.572. The fraction of sp³-hybridized carbons (Fsp3) is 0.800. The summed E-state index contributed by atoms with van der Waals surface area (Å²) in [5, 5.41) is 1.33. The summed E-state index contributed by atoms with van der Waals surface area (Å²) in [6.07, 6.45) is 1.74. The van der Waals surface area contributed by atoms with E-state index >= 15 is 0 Å². The molecule has 86 valence electrons. The van der Waals surface area contributed by atoms with Gasteiger partial charge in [-0.2, -0.15) is 0 Å². The molecule has 0 aromatic heterocycles. The van der Waals surface area contributed by atoms with Crippen molar-refractivity contribution in [2.75, 3.05) is 6.54 Å². The number of amides is 2. The van der Waals surface area contributed by atoms with Crippen LogP contribution in [0.1, 0.15) is 40.0 Å². The SMILES string of the molecule is CC(C)(C)OC(=O)NN1CCCCC1=O. The number of hydrogen-bond acceptors (Lipinski definition) is 3. The van der Waals surface area contributed by atoms with E-state index in [4.69, 9.17) is 4.74 Å². The van der Waals surface area contributed by atoms with Gasteiger partial charge in [0.2, 0.25) is 5.91 Å². The Labute approximate surface area is 89.7 Å². The summed E-state index contributed by atoms with van der Waals surface area (Å²) in [5.74, 6) is -0.0490. The van der Waals surface area contributed by atoms with Crippen LogP contribution >= 0.6 is 0 Å². The summed E-state index contributed by atoms with van der Waals surface area (Å²) in [5.41, 5.74) is 1.91. The molecular weight excluding hydrogens is 196 g/mol. The van der Waals surface area contributed by atoms with Crippen molar-refractivity contribution in [1.29, 1.82) is 0 Å². The van der Waals surface area contributed by atoms with Gasteiger partial charge in [0.25, 0.3) is 0 Å². The first-order valence-corrected chi connectivity index (χ1v) is 5.18. The molecule has 1 rings (SSSR count). The first-order chi connectivity index (χ1) is 6.88. The van der Waals surface area contributed by atoms with Crippen LogP contribution in [0.4, 0.5) is 4.79 Å². The van der Waals surface area contributed by atoms with Gasteiger partial charge in [-0.3, -0.25) is 9.80 Å². The molecule has 0 aliphatic carbocycles. The quantitative estimate of drug-likeness (QED) is 0.718. The van der Waals surface area contributed by atoms with Crippen LogP contribution < -0.4 is 5.43 Å². The summed E-state index contributed by atoms with van der Waals surface area (Å²) in [4.78, 5) is 22.7. The molecule has 5 heteroatoms. The Morgan fingerprint density at radius 2 is 2.07 bits per heavy atom. The van der Waals surface area contributed by atoms with Crippen LogP contribution in [-0.4, -0.2) is 29.2 Å². The zero-order chi connectivity index (χ0) is 11.5. The second kappa shape index (κ2) is 4.51. The number of carbonyl (C=O) groups is 2. The highest BCUT2D eigenvalue weighted by Crippen LogP contribution is 2.10. The molecule has 0 radical (unpaired) electrons. The average molecular weight is 214 g/mol. The molecule has 1 aliphatic heterocycles. The minimum Gasteiger partial charge on any atom is -0.443 e. The van der Waals surface area contributed by atoms with E-state index in [1.54, 1.807) is 20.8 Å². The van der Waals surface area contributed by atoms with Crippen LogP contribution in [-0.2, 0) is 9.53 Å². The highest BCUT2D eigenvalue weighted by molar-refractivity contribution is 5.79. The molecule has 1 fully saturated rings. The van der Waals surface area contributed by atoms with Crippen molar-refractivity contribution in [1.82, 2.24) is 10.4 Å². The number of carbonyl (C=O) groups excluding carboxylic acids is 2. The van der Waals surface area contributed by atoms with Gasteiger partial charge in [0, 0.05) is 13.0 Å². The van der Waals surface area contributed by atoms with Crippen LogP contribution in [0.25, 0.3) is 0 Å². The van der Waals surface area contributed by atoms with Gasteiger partial charge >= 0.3 is 6.09 Å². The maximum Gasteiger partial charge on any atom is 0.426 e. The third kappa shape index (κ3) is 4.18. The van der Waals surface area contributed by atoms with E-state index in [1.165, 1.54) is 5.01 Å². The Morgan fingerprint density at radius 1 is 1.40 bits per heavy atom. The van der Waals surface area contributed by atoms with Crippen molar-refractivity contribution in [3.05, 3.63) is 0 Å². The summed E-state index contributed by atoms with van der Waals surface area (Å²) in [6, 6.07) is 0. The van der Waals surface area contributed by atoms with Crippen molar-refractivity contribution in [3.63, 3.8) is 0 Å². The van der Waals surface area contributed by atoms with Crippen LogP contribution in [0.2, 0.25) is 0 Å². The Bertz CT molecular complexity index is 258. The maximum absolute atomic E-state index is 11.4. The smallest absolute Gasteiger partial charge is 0.426 e. The summed E-state index contributed by atoms with van der Waals surface area (Å²) in [7, 11) is 0. The molecule has 0 aromatic carbocycles. The lowest BCUT2D eigenvalue weighted by Crippen LogP contribution is -2.49. The predicted molar refractivity (Wildman–Crippen MR) is 54.9 cm³/mol. The molecule has 5 nitrogen and oxygen atoms in total. The van der Waals surface area contributed by atoms with Gasteiger partial charge in [0.05, 0.1) is 0 Å². The number of nitrogens with one attached hydrogen (secondary N) is 1. The molecule has 1 heterocycles. The van der Waals surface area contributed by atoms with Gasteiger partial charge < -0.3 is 4.74 Å². The number of hydrogen-bond donors (Lipinski definition) is 1. The van der Waals surface area contributed by atoms with Gasteiger partial charge in [0.1, 0.15) is 5.60 Å². The molecule has 0 spiro atoms. The van der Waals surface area contributed by atoms with Crippen molar-refractivity contribution in [2.24, 2.45) is 0 Å². The normalized spacial score (nSPS) is 17.5. The van der Waals surface area contributed by atoms with E-state index in [0.717, 1.165) is 12.8 Å². The lowest BCUT2D eigenvalue weighted by molar-refractivity contribution is -0.136. The second-order valence-electron chi connectivity index (χ2n) is 4.62. The monoisotopic (exact) mass is 214 g/mol. The molecule has 0 atom stereocenters. The number of ether oxygens (including phenoxy) is 1. The molecule has 1 N–H and O–H groups in total. The summed E-state index contributed by atoms with van der Waals surface area (Å²) >= 11 is 0. The highest BCUT2D eigenvalue weighted by Gasteiger charge is 2.23. The first-order valence-electron chi connectivity index (χ1n) is 5.18. The van der Waals surface area contributed by atoms with Gasteiger partial charge in [-0.1, -0.05) is 0 Å².